The molecule has 0 amide bonds. The molecule has 1 N–H and O–H groups in total. The number of nitrogens with zero attached hydrogens (tertiary/aromatic N) is 1. The van der Waals surface area contributed by atoms with Gasteiger partial charge in [-0.15, -0.1) is 0 Å². The first-order valence-electron chi connectivity index (χ1n) is 7.07. The van der Waals surface area contributed by atoms with Crippen LogP contribution in [-0.2, 0) is 22.5 Å². The Bertz CT molecular complexity index is 418. The molecule has 112 valence electrons. The number of rotatable bonds is 8. The molecule has 1 aromatic carbocycles. The van der Waals surface area contributed by atoms with Gasteiger partial charge in [0.25, 0.3) is 0 Å². The molecule has 0 unspecified atom stereocenters. The second-order valence-corrected chi connectivity index (χ2v) is 5.16. The lowest BCUT2D eigenvalue weighted by Gasteiger charge is -2.27. The second-order valence-electron chi connectivity index (χ2n) is 5.16. The number of ether oxygens (including phenoxy) is 1. The van der Waals surface area contributed by atoms with Crippen molar-refractivity contribution >= 4 is 5.97 Å². The summed E-state index contributed by atoms with van der Waals surface area (Å²) in [4.78, 5) is 13.8. The fourth-order valence-electron chi connectivity index (χ4n) is 2.12. The number of carbonyl (C=O) groups is 1. The Kier molecular flexibility index (Phi) is 7.26. The molecule has 1 aromatic rings. The minimum Gasteiger partial charge on any atom is -0.469 e. The Morgan fingerprint density at radius 3 is 2.50 bits per heavy atom. The van der Waals surface area contributed by atoms with Crippen molar-refractivity contribution in [1.82, 2.24) is 4.90 Å². The van der Waals surface area contributed by atoms with Crippen LogP contribution >= 0.6 is 0 Å². The minimum absolute atomic E-state index is 0.201. The fourth-order valence-corrected chi connectivity index (χ4v) is 2.12. The van der Waals surface area contributed by atoms with Crippen molar-refractivity contribution in [3.63, 3.8) is 0 Å². The van der Waals surface area contributed by atoms with Crippen molar-refractivity contribution in [2.75, 3.05) is 20.3 Å². The van der Waals surface area contributed by atoms with Crippen LogP contribution in [0.5, 0.6) is 0 Å². The maximum Gasteiger partial charge on any atom is 0.309 e. The largest absolute Gasteiger partial charge is 0.469 e. The molecule has 0 radical (unpaired) electrons. The van der Waals surface area contributed by atoms with E-state index in [1.807, 2.05) is 24.3 Å². The molecule has 0 aromatic heterocycles. The minimum atomic E-state index is -0.219. The highest BCUT2D eigenvalue weighted by Gasteiger charge is 2.13. The van der Waals surface area contributed by atoms with E-state index in [2.05, 4.69) is 18.7 Å². The third-order valence-corrected chi connectivity index (χ3v) is 3.39. The molecule has 0 fully saturated rings. The number of methoxy groups -OCH3 is 1. The van der Waals surface area contributed by atoms with Crippen LogP contribution in [0.1, 0.15) is 31.4 Å². The molecular weight excluding hydrogens is 254 g/mol. The van der Waals surface area contributed by atoms with Crippen LogP contribution in [0.25, 0.3) is 0 Å². The molecule has 0 spiro atoms. The highest BCUT2D eigenvalue weighted by Crippen LogP contribution is 2.15. The molecule has 1 rings (SSSR count). The van der Waals surface area contributed by atoms with Crippen LogP contribution in [0, 0.1) is 0 Å². The summed E-state index contributed by atoms with van der Waals surface area (Å²) in [6.07, 6.45) is 1.07. The van der Waals surface area contributed by atoms with E-state index in [1.54, 1.807) is 0 Å². The Morgan fingerprint density at radius 2 is 1.95 bits per heavy atom. The van der Waals surface area contributed by atoms with E-state index in [9.17, 15) is 4.79 Å². The number of esters is 1. The smallest absolute Gasteiger partial charge is 0.309 e. The zero-order chi connectivity index (χ0) is 15.0. The highest BCUT2D eigenvalue weighted by molar-refractivity contribution is 5.72. The fraction of sp³-hybridized carbons (Fsp3) is 0.562. The number of aliphatic hydroxyl groups excluding tert-OH is 1. The van der Waals surface area contributed by atoms with Crippen molar-refractivity contribution in [2.45, 2.75) is 39.3 Å². The first-order valence-corrected chi connectivity index (χ1v) is 7.07. The predicted octanol–water partition coefficient (Wildman–Crippen LogP) is 1.99. The SMILES string of the molecule is COC(=O)Cc1ccccc1CN(CCCO)C(C)C. The molecule has 4 nitrogen and oxygen atoms in total. The van der Waals surface area contributed by atoms with Gasteiger partial charge in [-0.25, -0.2) is 0 Å². The molecule has 0 bridgehead atoms. The summed E-state index contributed by atoms with van der Waals surface area (Å²) >= 11 is 0. The number of hydrogen-bond donors (Lipinski definition) is 1. The van der Waals surface area contributed by atoms with Crippen LogP contribution < -0.4 is 0 Å². The molecule has 0 aliphatic rings. The van der Waals surface area contributed by atoms with E-state index in [-0.39, 0.29) is 12.6 Å². The Hall–Kier alpha value is -1.39. The summed E-state index contributed by atoms with van der Waals surface area (Å²) in [5.74, 6) is -0.219. The number of carbonyl (C=O) groups excluding carboxylic acids is 1. The van der Waals surface area contributed by atoms with E-state index in [4.69, 9.17) is 9.84 Å². The third kappa shape index (κ3) is 5.31. The molecule has 20 heavy (non-hydrogen) atoms. The van der Waals surface area contributed by atoms with Gasteiger partial charge in [-0.3, -0.25) is 9.69 Å². The number of aliphatic hydroxyl groups is 1. The van der Waals surface area contributed by atoms with E-state index in [1.165, 1.54) is 7.11 Å². The van der Waals surface area contributed by atoms with Gasteiger partial charge < -0.3 is 9.84 Å². The van der Waals surface area contributed by atoms with Crippen molar-refractivity contribution in [1.29, 1.82) is 0 Å². The topological polar surface area (TPSA) is 49.8 Å². The standard InChI is InChI=1S/C16H25NO3/c1-13(2)17(9-6-10-18)12-15-8-5-4-7-14(15)11-16(19)20-3/h4-5,7-8,13,18H,6,9-12H2,1-3H3. The third-order valence-electron chi connectivity index (χ3n) is 3.39. The van der Waals surface area contributed by atoms with Crippen LogP contribution in [0.4, 0.5) is 0 Å². The maximum absolute atomic E-state index is 11.5. The van der Waals surface area contributed by atoms with Crippen molar-refractivity contribution in [3.8, 4) is 0 Å². The second kappa shape index (κ2) is 8.72. The first kappa shape index (κ1) is 16.7. The van der Waals surface area contributed by atoms with E-state index in [0.717, 1.165) is 30.6 Å². The van der Waals surface area contributed by atoms with Gasteiger partial charge >= 0.3 is 5.97 Å². The molecule has 0 saturated carbocycles. The van der Waals surface area contributed by atoms with Gasteiger partial charge in [0.2, 0.25) is 0 Å². The lowest BCUT2D eigenvalue weighted by molar-refractivity contribution is -0.139. The average Bonchev–Trinajstić information content (AvgIpc) is 2.44. The average molecular weight is 279 g/mol. The van der Waals surface area contributed by atoms with Gasteiger partial charge in [-0.05, 0) is 31.4 Å². The van der Waals surface area contributed by atoms with Gasteiger partial charge in [0, 0.05) is 25.7 Å². The van der Waals surface area contributed by atoms with E-state index in [0.29, 0.717) is 12.5 Å². The summed E-state index contributed by atoms with van der Waals surface area (Å²) in [5, 5.41) is 8.98. The van der Waals surface area contributed by atoms with Gasteiger partial charge in [-0.2, -0.15) is 0 Å². The Morgan fingerprint density at radius 1 is 1.30 bits per heavy atom. The molecule has 4 heteroatoms. The molecular formula is C16H25NO3. The van der Waals surface area contributed by atoms with Crippen molar-refractivity contribution in [2.24, 2.45) is 0 Å². The first-order chi connectivity index (χ1) is 9.58. The van der Waals surface area contributed by atoms with E-state index < -0.39 is 0 Å². The summed E-state index contributed by atoms with van der Waals surface area (Å²) in [6, 6.07) is 8.34. The lowest BCUT2D eigenvalue weighted by atomic mass is 10.0. The van der Waals surface area contributed by atoms with Crippen LogP contribution in [0.2, 0.25) is 0 Å². The van der Waals surface area contributed by atoms with Gasteiger partial charge in [0.1, 0.15) is 0 Å². The maximum atomic E-state index is 11.5. The van der Waals surface area contributed by atoms with Crippen molar-refractivity contribution in [3.05, 3.63) is 35.4 Å². The van der Waals surface area contributed by atoms with Crippen LogP contribution in [0.3, 0.4) is 0 Å². The zero-order valence-electron chi connectivity index (χ0n) is 12.6. The lowest BCUT2D eigenvalue weighted by Crippen LogP contribution is -2.32. The molecule has 0 heterocycles. The van der Waals surface area contributed by atoms with Gasteiger partial charge in [-0.1, -0.05) is 24.3 Å². The molecule has 0 aliphatic carbocycles. The number of benzene rings is 1. The van der Waals surface area contributed by atoms with Gasteiger partial charge in [0.15, 0.2) is 0 Å². The summed E-state index contributed by atoms with van der Waals surface area (Å²) in [7, 11) is 1.41. The quantitative estimate of drug-likeness (QED) is 0.739. The normalized spacial score (nSPS) is 11.1. The molecule has 0 saturated heterocycles. The Balaban J connectivity index is 2.80. The summed E-state index contributed by atoms with van der Waals surface area (Å²) in [5.41, 5.74) is 2.15. The molecule has 0 atom stereocenters. The van der Waals surface area contributed by atoms with Gasteiger partial charge in [0.05, 0.1) is 13.5 Å². The van der Waals surface area contributed by atoms with Crippen LogP contribution in [0.15, 0.2) is 24.3 Å². The van der Waals surface area contributed by atoms with Crippen LogP contribution in [-0.4, -0.2) is 42.3 Å². The monoisotopic (exact) mass is 279 g/mol. The predicted molar refractivity (Wildman–Crippen MR) is 79.4 cm³/mol. The summed E-state index contributed by atoms with van der Waals surface area (Å²) < 4.78 is 4.74. The van der Waals surface area contributed by atoms with E-state index >= 15 is 0 Å². The zero-order valence-corrected chi connectivity index (χ0v) is 12.6. The highest BCUT2D eigenvalue weighted by atomic mass is 16.5. The Labute approximate surface area is 121 Å². The number of hydrogen-bond acceptors (Lipinski definition) is 4. The summed E-state index contributed by atoms with van der Waals surface area (Å²) in [6.45, 7) is 6.11. The van der Waals surface area contributed by atoms with Crippen molar-refractivity contribution < 1.29 is 14.6 Å². The molecule has 0 aliphatic heterocycles.